The van der Waals surface area contributed by atoms with Crippen LogP contribution in [0.3, 0.4) is 0 Å². The number of carbonyl (C=O) groups is 1. The first-order chi connectivity index (χ1) is 21.6. The fourth-order valence-corrected chi connectivity index (χ4v) is 8.91. The van der Waals surface area contributed by atoms with Crippen LogP contribution in [-0.4, -0.2) is 71.2 Å². The van der Waals surface area contributed by atoms with Gasteiger partial charge < -0.3 is 15.2 Å². The van der Waals surface area contributed by atoms with E-state index in [0.29, 0.717) is 5.56 Å². The van der Waals surface area contributed by atoms with Crippen molar-refractivity contribution in [2.24, 2.45) is 0 Å². The molecule has 1 saturated heterocycles. The van der Waals surface area contributed by atoms with Crippen molar-refractivity contribution in [2.45, 2.75) is 94.7 Å². The highest BCUT2D eigenvalue weighted by atomic mass is 32.1. The van der Waals surface area contributed by atoms with E-state index in [0.717, 1.165) is 103 Å². The van der Waals surface area contributed by atoms with E-state index in [4.69, 9.17) is 19.9 Å². The van der Waals surface area contributed by atoms with E-state index in [-0.39, 0.29) is 17.0 Å². The molecule has 12 heteroatoms. The van der Waals surface area contributed by atoms with Crippen molar-refractivity contribution < 1.29 is 14.6 Å². The van der Waals surface area contributed by atoms with E-state index in [2.05, 4.69) is 22.6 Å². The molecule has 3 saturated carbocycles. The molecule has 4 aromatic heterocycles. The maximum absolute atomic E-state index is 12.4. The number of rotatable bonds is 6. The topological polar surface area (TPSA) is 142 Å². The number of anilines is 1. The summed E-state index contributed by atoms with van der Waals surface area (Å²) in [5.41, 5.74) is 3.99. The van der Waals surface area contributed by atoms with Crippen LogP contribution in [0.15, 0.2) is 36.7 Å². The molecule has 0 spiro atoms. The molecule has 4 aromatic rings. The molecule has 4 fully saturated rings. The molecule has 8 rings (SSSR count). The molecular weight excluding hydrogens is 588 g/mol. The fourth-order valence-electron chi connectivity index (χ4n) is 7.77. The monoisotopic (exact) mass is 626 g/mol. The summed E-state index contributed by atoms with van der Waals surface area (Å²) in [6, 6.07) is 10.2. The first-order valence-corrected chi connectivity index (χ1v) is 16.5. The molecule has 0 unspecified atom stereocenters. The Morgan fingerprint density at radius 1 is 1.11 bits per heavy atom. The van der Waals surface area contributed by atoms with E-state index in [9.17, 15) is 15.2 Å². The first-order valence-electron chi connectivity index (χ1n) is 15.7. The summed E-state index contributed by atoms with van der Waals surface area (Å²) in [6.45, 7) is 7.43. The minimum atomic E-state index is -0.827. The normalized spacial score (nSPS) is 23.6. The number of amides is 1. The SMILES string of the molecule is CC(C)(C)N(C(=O)O)C12CCC(c3nnc(-c4cnc(-c5ccc6cc(C#N)cnn56)cc4NC4CCOCC4)s3)(CC1)CC2. The lowest BCUT2D eigenvalue weighted by atomic mass is 9.56. The molecule has 0 atom stereocenters. The van der Waals surface area contributed by atoms with Crippen LogP contribution in [0, 0.1) is 11.3 Å². The Bertz CT molecular complexity index is 1770. The third-order valence-corrected chi connectivity index (χ3v) is 11.2. The maximum Gasteiger partial charge on any atom is 0.408 e. The number of aromatic nitrogens is 5. The van der Waals surface area contributed by atoms with E-state index in [1.165, 1.54) is 0 Å². The van der Waals surface area contributed by atoms with Gasteiger partial charge in [-0.2, -0.15) is 10.4 Å². The van der Waals surface area contributed by atoms with Crippen LogP contribution in [0.4, 0.5) is 10.5 Å². The molecular formula is C33H38N8O3S. The largest absolute Gasteiger partial charge is 0.465 e. The number of ether oxygens (including phenoxy) is 1. The van der Waals surface area contributed by atoms with Gasteiger partial charge in [-0.15, -0.1) is 10.2 Å². The molecule has 5 heterocycles. The number of nitriles is 1. The molecule has 1 aliphatic heterocycles. The van der Waals surface area contributed by atoms with E-state index < -0.39 is 11.6 Å². The summed E-state index contributed by atoms with van der Waals surface area (Å²) in [5.74, 6) is 0. The zero-order chi connectivity index (χ0) is 31.4. The van der Waals surface area contributed by atoms with Crippen LogP contribution in [-0.2, 0) is 10.2 Å². The van der Waals surface area contributed by atoms with E-state index in [1.54, 1.807) is 26.9 Å². The molecule has 1 amide bonds. The van der Waals surface area contributed by atoms with Gasteiger partial charge in [0.15, 0.2) is 5.01 Å². The van der Waals surface area contributed by atoms with Crippen LogP contribution < -0.4 is 5.32 Å². The molecule has 45 heavy (non-hydrogen) atoms. The molecule has 0 radical (unpaired) electrons. The van der Waals surface area contributed by atoms with Gasteiger partial charge in [0.2, 0.25) is 0 Å². The smallest absolute Gasteiger partial charge is 0.408 e. The second-order valence-corrected chi connectivity index (χ2v) is 14.7. The Balaban J connectivity index is 1.20. The van der Waals surface area contributed by atoms with Crippen molar-refractivity contribution in [1.29, 1.82) is 5.26 Å². The van der Waals surface area contributed by atoms with Crippen LogP contribution in [0.2, 0.25) is 0 Å². The number of fused-ring (bicyclic) bond motifs is 4. The van der Waals surface area contributed by atoms with Crippen molar-refractivity contribution in [3.8, 4) is 28.0 Å². The van der Waals surface area contributed by atoms with Gasteiger partial charge in [-0.05, 0) is 96.4 Å². The maximum atomic E-state index is 12.4. The summed E-state index contributed by atoms with van der Waals surface area (Å²) in [7, 11) is 0. The molecule has 0 aromatic carbocycles. The standard InChI is InChI=1S/C33H38N8O3S/c1-31(2,3)41(30(42)43)33-11-8-32(9-12-33,10-13-33)29-39-38-28(45-29)24-20-35-26(17-25(24)37-22-6-14-44-15-7-22)27-5-4-23-16-21(18-34)19-36-40(23)27/h4-5,16-17,19-20,22H,6-15H2,1-3H3,(H,35,37)(H,42,43). The van der Waals surface area contributed by atoms with Gasteiger partial charge in [0, 0.05) is 47.6 Å². The highest BCUT2D eigenvalue weighted by molar-refractivity contribution is 7.14. The third kappa shape index (κ3) is 5.21. The number of hydrogen-bond donors (Lipinski definition) is 2. The molecule has 11 nitrogen and oxygen atoms in total. The second-order valence-electron chi connectivity index (χ2n) is 13.8. The van der Waals surface area contributed by atoms with E-state index >= 15 is 0 Å². The number of carboxylic acid groups (broad SMARTS) is 1. The zero-order valence-electron chi connectivity index (χ0n) is 25.9. The quantitative estimate of drug-likeness (QED) is 0.245. The Morgan fingerprint density at radius 2 is 1.84 bits per heavy atom. The molecule has 3 aliphatic carbocycles. The molecule has 4 aliphatic rings. The first kappa shape index (κ1) is 29.6. The Hall–Kier alpha value is -4.08. The Kier molecular flexibility index (Phi) is 7.28. The molecule has 234 valence electrons. The van der Waals surface area contributed by atoms with Crippen molar-refractivity contribution in [2.75, 3.05) is 18.5 Å². The van der Waals surface area contributed by atoms with Crippen LogP contribution in [0.25, 0.3) is 27.5 Å². The van der Waals surface area contributed by atoms with Crippen LogP contribution in [0.1, 0.15) is 82.7 Å². The predicted molar refractivity (Wildman–Crippen MR) is 171 cm³/mol. The van der Waals surface area contributed by atoms with Crippen molar-refractivity contribution in [3.63, 3.8) is 0 Å². The number of hydrogen-bond acceptors (Lipinski definition) is 9. The average molecular weight is 627 g/mol. The van der Waals surface area contributed by atoms with Gasteiger partial charge >= 0.3 is 6.09 Å². The molecule has 2 N–H and O–H groups in total. The lowest BCUT2D eigenvalue weighted by molar-refractivity contribution is -0.0541. The van der Waals surface area contributed by atoms with Crippen LogP contribution in [0.5, 0.6) is 0 Å². The second kappa shape index (κ2) is 11.1. The lowest BCUT2D eigenvalue weighted by Gasteiger charge is -2.59. The Labute approximate surface area is 266 Å². The lowest BCUT2D eigenvalue weighted by Crippen LogP contribution is -2.64. The van der Waals surface area contributed by atoms with Crippen molar-refractivity contribution in [1.82, 2.24) is 29.7 Å². The van der Waals surface area contributed by atoms with Crippen molar-refractivity contribution in [3.05, 3.63) is 47.2 Å². The minimum Gasteiger partial charge on any atom is -0.465 e. The predicted octanol–water partition coefficient (Wildman–Crippen LogP) is 6.50. The minimum absolute atomic E-state index is 0.0693. The summed E-state index contributed by atoms with van der Waals surface area (Å²) in [6.07, 6.45) is 9.70. The summed E-state index contributed by atoms with van der Waals surface area (Å²) < 4.78 is 7.42. The summed E-state index contributed by atoms with van der Waals surface area (Å²) >= 11 is 1.64. The highest BCUT2D eigenvalue weighted by Crippen LogP contribution is 2.57. The van der Waals surface area contributed by atoms with Crippen LogP contribution >= 0.6 is 11.3 Å². The summed E-state index contributed by atoms with van der Waals surface area (Å²) in [5, 5.41) is 39.1. The fraction of sp³-hybridized carbons (Fsp3) is 0.515. The Morgan fingerprint density at radius 3 is 2.51 bits per heavy atom. The van der Waals surface area contributed by atoms with Gasteiger partial charge in [0.1, 0.15) is 11.1 Å². The number of nitrogens with one attached hydrogen (secondary N) is 1. The van der Waals surface area contributed by atoms with Gasteiger partial charge in [-0.1, -0.05) is 11.3 Å². The number of nitrogens with zero attached hydrogens (tertiary/aromatic N) is 7. The molecule has 2 bridgehead atoms. The van der Waals surface area contributed by atoms with Gasteiger partial charge in [0.25, 0.3) is 0 Å². The summed E-state index contributed by atoms with van der Waals surface area (Å²) in [4.78, 5) is 19.0. The third-order valence-electron chi connectivity index (χ3n) is 10.0. The van der Waals surface area contributed by atoms with E-state index in [1.807, 2.05) is 45.2 Å². The zero-order valence-corrected chi connectivity index (χ0v) is 26.7. The van der Waals surface area contributed by atoms with Gasteiger partial charge in [-0.25, -0.2) is 9.31 Å². The average Bonchev–Trinajstić information content (AvgIpc) is 3.69. The van der Waals surface area contributed by atoms with Crippen molar-refractivity contribution >= 4 is 28.6 Å². The van der Waals surface area contributed by atoms with Gasteiger partial charge in [-0.3, -0.25) is 9.88 Å². The highest BCUT2D eigenvalue weighted by Gasteiger charge is 2.56. The number of pyridine rings is 1. The van der Waals surface area contributed by atoms with Gasteiger partial charge in [0.05, 0.1) is 34.2 Å².